The first-order chi connectivity index (χ1) is 9.43. The summed E-state index contributed by atoms with van der Waals surface area (Å²) in [6.45, 7) is 2.61. The number of hydrogen-bond acceptors (Lipinski definition) is 2. The van der Waals surface area contributed by atoms with Gasteiger partial charge in [0, 0.05) is 5.02 Å². The van der Waals surface area contributed by atoms with E-state index in [1.54, 1.807) is 0 Å². The smallest absolute Gasteiger partial charge is 0.160 e. The molecule has 1 aromatic heterocycles. The molecule has 0 amide bonds. The number of benzene rings is 1. The molecule has 0 saturated carbocycles. The molecule has 0 fully saturated rings. The van der Waals surface area contributed by atoms with E-state index in [-0.39, 0.29) is 11.1 Å². The van der Waals surface area contributed by atoms with Crippen molar-refractivity contribution in [1.29, 1.82) is 0 Å². The van der Waals surface area contributed by atoms with Gasteiger partial charge in [0.15, 0.2) is 11.6 Å². The topological polar surface area (TPSA) is 12.0 Å². The minimum Gasteiger partial charge on any atom is -0.306 e. The third kappa shape index (κ3) is 3.42. The Labute approximate surface area is 141 Å². The Morgan fingerprint density at radius 1 is 1.20 bits per heavy atom. The van der Waals surface area contributed by atoms with Gasteiger partial charge in [-0.2, -0.15) is 0 Å². The zero-order valence-corrected chi connectivity index (χ0v) is 15.1. The summed E-state index contributed by atoms with van der Waals surface area (Å²) in [4.78, 5) is 0. The normalized spacial score (nSPS) is 12.7. The summed E-state index contributed by atoms with van der Waals surface area (Å²) in [5, 5.41) is 3.44. The van der Waals surface area contributed by atoms with Gasteiger partial charge in [0.2, 0.25) is 0 Å². The average Bonchev–Trinajstić information content (AvgIpc) is 2.70. The standard InChI is InChI=1S/C13H10Br2ClF2NS/c1-2-19-12(7-4-11(14)20-13(7)15)6-3-9(17)10(18)5-8(6)16/h3-5,12,19H,2H2,1H3. The molecule has 20 heavy (non-hydrogen) atoms. The zero-order chi connectivity index (χ0) is 14.9. The van der Waals surface area contributed by atoms with Crippen molar-refractivity contribution in [3.05, 3.63) is 53.6 Å². The lowest BCUT2D eigenvalue weighted by Gasteiger charge is -2.19. The monoisotopic (exact) mass is 443 g/mol. The van der Waals surface area contributed by atoms with Gasteiger partial charge in [0.1, 0.15) is 0 Å². The van der Waals surface area contributed by atoms with Crippen LogP contribution in [0.3, 0.4) is 0 Å². The minimum atomic E-state index is -0.945. The van der Waals surface area contributed by atoms with Gasteiger partial charge in [-0.3, -0.25) is 0 Å². The third-order valence-electron chi connectivity index (χ3n) is 2.75. The Kier molecular flexibility index (Phi) is 5.59. The molecule has 0 aliphatic carbocycles. The van der Waals surface area contributed by atoms with E-state index in [4.69, 9.17) is 11.6 Å². The van der Waals surface area contributed by atoms with E-state index >= 15 is 0 Å². The fraction of sp³-hybridized carbons (Fsp3) is 0.231. The van der Waals surface area contributed by atoms with Crippen molar-refractivity contribution in [2.45, 2.75) is 13.0 Å². The molecule has 0 bridgehead atoms. The molecular weight excluding hydrogens is 435 g/mol. The highest BCUT2D eigenvalue weighted by Gasteiger charge is 2.22. The minimum absolute atomic E-state index is 0.198. The summed E-state index contributed by atoms with van der Waals surface area (Å²) in [6.07, 6.45) is 0. The lowest BCUT2D eigenvalue weighted by molar-refractivity contribution is 0.504. The molecule has 0 aliphatic heterocycles. The molecule has 2 aromatic rings. The van der Waals surface area contributed by atoms with Gasteiger partial charge in [-0.25, -0.2) is 8.78 Å². The Balaban J connectivity index is 2.54. The van der Waals surface area contributed by atoms with Crippen LogP contribution < -0.4 is 5.32 Å². The van der Waals surface area contributed by atoms with Gasteiger partial charge < -0.3 is 5.32 Å². The quantitative estimate of drug-likeness (QED) is 0.578. The summed E-state index contributed by atoms with van der Waals surface area (Å²) in [6, 6.07) is 3.77. The van der Waals surface area contributed by atoms with Crippen LogP contribution in [-0.4, -0.2) is 6.54 Å². The SMILES string of the molecule is CCNC(c1cc(F)c(F)cc1Cl)c1cc(Br)sc1Br. The molecule has 0 spiro atoms. The highest BCUT2D eigenvalue weighted by molar-refractivity contribution is 9.12. The van der Waals surface area contributed by atoms with Crippen LogP contribution >= 0.6 is 54.8 Å². The maximum Gasteiger partial charge on any atom is 0.160 e. The number of hydrogen-bond donors (Lipinski definition) is 1. The van der Waals surface area contributed by atoms with Crippen molar-refractivity contribution in [2.75, 3.05) is 6.54 Å². The van der Waals surface area contributed by atoms with Crippen molar-refractivity contribution >= 4 is 54.8 Å². The van der Waals surface area contributed by atoms with Crippen LogP contribution in [0, 0.1) is 11.6 Å². The van der Waals surface area contributed by atoms with Crippen molar-refractivity contribution in [2.24, 2.45) is 0 Å². The summed E-state index contributed by atoms with van der Waals surface area (Å²) >= 11 is 14.5. The van der Waals surface area contributed by atoms with E-state index < -0.39 is 11.6 Å². The van der Waals surface area contributed by atoms with E-state index in [9.17, 15) is 8.78 Å². The fourth-order valence-corrected chi connectivity index (χ4v) is 5.06. The number of rotatable bonds is 4. The van der Waals surface area contributed by atoms with Gasteiger partial charge in [-0.05, 0) is 67.7 Å². The first kappa shape index (κ1) is 16.4. The molecule has 1 aromatic carbocycles. The van der Waals surface area contributed by atoms with Crippen molar-refractivity contribution in [3.63, 3.8) is 0 Å². The molecule has 1 unspecified atom stereocenters. The molecule has 1 atom stereocenters. The van der Waals surface area contributed by atoms with E-state index in [1.165, 1.54) is 11.3 Å². The van der Waals surface area contributed by atoms with E-state index in [2.05, 4.69) is 37.2 Å². The van der Waals surface area contributed by atoms with Crippen molar-refractivity contribution in [1.82, 2.24) is 5.32 Å². The molecule has 108 valence electrons. The van der Waals surface area contributed by atoms with Crippen LogP contribution in [0.25, 0.3) is 0 Å². The van der Waals surface area contributed by atoms with E-state index in [0.29, 0.717) is 12.1 Å². The van der Waals surface area contributed by atoms with E-state index in [1.807, 2.05) is 13.0 Å². The molecule has 1 N–H and O–H groups in total. The van der Waals surface area contributed by atoms with E-state index in [0.717, 1.165) is 25.3 Å². The number of halogens is 5. The summed E-state index contributed by atoms with van der Waals surface area (Å²) in [5.74, 6) is -1.85. The second-order valence-electron chi connectivity index (χ2n) is 4.06. The molecule has 7 heteroatoms. The molecule has 0 saturated heterocycles. The van der Waals surface area contributed by atoms with Crippen molar-refractivity contribution < 1.29 is 8.78 Å². The molecule has 2 rings (SSSR count). The Hall–Kier alpha value is -0.0100. The summed E-state index contributed by atoms with van der Waals surface area (Å²) < 4.78 is 28.6. The van der Waals surface area contributed by atoms with Gasteiger partial charge in [-0.15, -0.1) is 11.3 Å². The number of thiophene rings is 1. The maximum absolute atomic E-state index is 13.5. The predicted octanol–water partition coefficient (Wildman–Crippen LogP) is 5.90. The molecular formula is C13H10Br2ClF2NS. The molecule has 0 radical (unpaired) electrons. The van der Waals surface area contributed by atoms with Crippen LogP contribution in [0.4, 0.5) is 8.78 Å². The van der Waals surface area contributed by atoms with Gasteiger partial charge >= 0.3 is 0 Å². The highest BCUT2D eigenvalue weighted by Crippen LogP contribution is 2.39. The van der Waals surface area contributed by atoms with Crippen LogP contribution in [0.2, 0.25) is 5.02 Å². The third-order valence-corrected chi connectivity index (χ3v) is 5.47. The second kappa shape index (κ2) is 6.83. The lowest BCUT2D eigenvalue weighted by Crippen LogP contribution is -2.22. The largest absolute Gasteiger partial charge is 0.306 e. The first-order valence-electron chi connectivity index (χ1n) is 5.76. The zero-order valence-electron chi connectivity index (χ0n) is 10.3. The average molecular weight is 446 g/mol. The van der Waals surface area contributed by atoms with Crippen LogP contribution in [0.5, 0.6) is 0 Å². The molecule has 0 aliphatic rings. The maximum atomic E-state index is 13.5. The first-order valence-corrected chi connectivity index (χ1v) is 8.54. The summed E-state index contributed by atoms with van der Waals surface area (Å²) in [7, 11) is 0. The Morgan fingerprint density at radius 3 is 2.40 bits per heavy atom. The molecule has 1 heterocycles. The van der Waals surface area contributed by atoms with Crippen LogP contribution in [-0.2, 0) is 0 Å². The lowest BCUT2D eigenvalue weighted by atomic mass is 10.0. The van der Waals surface area contributed by atoms with Crippen LogP contribution in [0.1, 0.15) is 24.1 Å². The molecule has 1 nitrogen and oxygen atoms in total. The Bertz CT molecular complexity index is 633. The van der Waals surface area contributed by atoms with Crippen molar-refractivity contribution in [3.8, 4) is 0 Å². The van der Waals surface area contributed by atoms with Crippen LogP contribution in [0.15, 0.2) is 25.8 Å². The van der Waals surface area contributed by atoms with Gasteiger partial charge in [0.25, 0.3) is 0 Å². The Morgan fingerprint density at radius 2 is 1.85 bits per heavy atom. The second-order valence-corrected chi connectivity index (χ2v) is 8.21. The summed E-state index contributed by atoms with van der Waals surface area (Å²) in [5.41, 5.74) is 1.44. The van der Waals surface area contributed by atoms with Gasteiger partial charge in [-0.1, -0.05) is 18.5 Å². The van der Waals surface area contributed by atoms with Gasteiger partial charge in [0.05, 0.1) is 13.6 Å². The highest BCUT2D eigenvalue weighted by atomic mass is 79.9. The predicted molar refractivity (Wildman–Crippen MR) is 86.6 cm³/mol. The number of nitrogens with one attached hydrogen (secondary N) is 1. The fourth-order valence-electron chi connectivity index (χ4n) is 1.90.